The molecule has 2 atom stereocenters. The van der Waals surface area contributed by atoms with E-state index in [0.29, 0.717) is 5.92 Å². The lowest BCUT2D eigenvalue weighted by Crippen LogP contribution is -2.37. The zero-order valence-corrected chi connectivity index (χ0v) is 16.1. The fourth-order valence-electron chi connectivity index (χ4n) is 3.30. The van der Waals surface area contributed by atoms with E-state index in [1.54, 1.807) is 20.4 Å². The predicted molar refractivity (Wildman–Crippen MR) is 104 cm³/mol. The van der Waals surface area contributed by atoms with Gasteiger partial charge in [-0.25, -0.2) is 0 Å². The van der Waals surface area contributed by atoms with Gasteiger partial charge in [-0.05, 0) is 55.5 Å². The van der Waals surface area contributed by atoms with E-state index in [1.165, 1.54) is 12.8 Å². The van der Waals surface area contributed by atoms with Gasteiger partial charge in [0.05, 0.1) is 26.8 Å². The highest BCUT2D eigenvalue weighted by molar-refractivity contribution is 5.78. The largest absolute Gasteiger partial charge is 0.497 e. The zero-order chi connectivity index (χ0) is 19.2. The van der Waals surface area contributed by atoms with E-state index in [1.807, 2.05) is 37.4 Å². The molecule has 6 heteroatoms. The molecule has 0 aliphatic heterocycles. The van der Waals surface area contributed by atoms with Gasteiger partial charge in [0.15, 0.2) is 0 Å². The molecule has 1 aliphatic rings. The number of ether oxygens (including phenoxy) is 2. The molecule has 27 heavy (non-hydrogen) atoms. The number of hydrogen-bond acceptors (Lipinski definition) is 5. The normalized spacial score (nSPS) is 15.7. The van der Waals surface area contributed by atoms with Gasteiger partial charge in [-0.3, -0.25) is 9.78 Å². The molecule has 0 spiro atoms. The molecule has 1 aliphatic carbocycles. The van der Waals surface area contributed by atoms with E-state index < -0.39 is 0 Å². The zero-order valence-electron chi connectivity index (χ0n) is 16.1. The lowest BCUT2D eigenvalue weighted by Gasteiger charge is -2.21. The van der Waals surface area contributed by atoms with Crippen molar-refractivity contribution in [2.75, 3.05) is 20.8 Å². The van der Waals surface area contributed by atoms with Gasteiger partial charge in [0.1, 0.15) is 11.5 Å². The van der Waals surface area contributed by atoms with Crippen molar-refractivity contribution in [1.82, 2.24) is 15.6 Å². The van der Waals surface area contributed by atoms with E-state index in [9.17, 15) is 4.79 Å². The molecule has 0 saturated heterocycles. The molecule has 0 bridgehead atoms. The number of nitrogens with one attached hydrogen (secondary N) is 2. The Kier molecular flexibility index (Phi) is 6.29. The molecular weight excluding hydrogens is 342 g/mol. The highest BCUT2D eigenvalue weighted by Gasteiger charge is 2.32. The minimum Gasteiger partial charge on any atom is -0.497 e. The Morgan fingerprint density at radius 3 is 2.70 bits per heavy atom. The molecule has 6 nitrogen and oxygen atoms in total. The summed E-state index contributed by atoms with van der Waals surface area (Å²) < 4.78 is 10.7. The molecular formula is C21H27N3O3. The van der Waals surface area contributed by atoms with Gasteiger partial charge >= 0.3 is 0 Å². The number of pyridine rings is 1. The van der Waals surface area contributed by atoms with Gasteiger partial charge in [0.2, 0.25) is 5.91 Å². The SMILES string of the molecule is COc1ccc(OC)c([C@@H](C)NC(=O)CN[C@H](c2cccnc2)C2CC2)c1. The van der Waals surface area contributed by atoms with E-state index in [2.05, 4.69) is 21.7 Å². The van der Waals surface area contributed by atoms with E-state index in [0.717, 1.165) is 22.6 Å². The second-order valence-corrected chi connectivity index (χ2v) is 6.88. The van der Waals surface area contributed by atoms with Crippen molar-refractivity contribution in [1.29, 1.82) is 0 Å². The van der Waals surface area contributed by atoms with Gasteiger partial charge in [-0.15, -0.1) is 0 Å². The number of amides is 1. The average Bonchev–Trinajstić information content (AvgIpc) is 3.53. The molecule has 1 aromatic carbocycles. The first-order valence-corrected chi connectivity index (χ1v) is 9.27. The van der Waals surface area contributed by atoms with Crippen LogP contribution in [0, 0.1) is 5.92 Å². The summed E-state index contributed by atoms with van der Waals surface area (Å²) in [7, 11) is 3.24. The summed E-state index contributed by atoms with van der Waals surface area (Å²) in [6.45, 7) is 2.20. The summed E-state index contributed by atoms with van der Waals surface area (Å²) in [4.78, 5) is 16.7. The molecule has 2 aromatic rings. The maximum Gasteiger partial charge on any atom is 0.234 e. The Balaban J connectivity index is 1.60. The molecule has 1 heterocycles. The van der Waals surface area contributed by atoms with Crippen LogP contribution in [0.5, 0.6) is 11.5 Å². The molecule has 3 rings (SSSR count). The first-order chi connectivity index (χ1) is 13.1. The predicted octanol–water partition coefficient (Wildman–Crippen LogP) is 3.02. The monoisotopic (exact) mass is 369 g/mol. The Morgan fingerprint density at radius 2 is 2.07 bits per heavy atom. The number of methoxy groups -OCH3 is 2. The van der Waals surface area contributed by atoms with Gasteiger partial charge < -0.3 is 20.1 Å². The topological polar surface area (TPSA) is 72.5 Å². The molecule has 1 saturated carbocycles. The first kappa shape index (κ1) is 19.2. The van der Waals surface area contributed by atoms with Crippen LogP contribution in [0.3, 0.4) is 0 Å². The van der Waals surface area contributed by atoms with Gasteiger partial charge in [-0.1, -0.05) is 6.07 Å². The Bertz CT molecular complexity index is 763. The van der Waals surface area contributed by atoms with Crippen molar-refractivity contribution in [2.24, 2.45) is 5.92 Å². The fraction of sp³-hybridized carbons (Fsp3) is 0.429. The minimum atomic E-state index is -0.192. The van der Waals surface area contributed by atoms with Crippen molar-refractivity contribution in [3.8, 4) is 11.5 Å². The van der Waals surface area contributed by atoms with Crippen molar-refractivity contribution < 1.29 is 14.3 Å². The van der Waals surface area contributed by atoms with Gasteiger partial charge in [0, 0.05) is 24.0 Å². The standard InChI is InChI=1S/C21H27N3O3/c1-14(18-11-17(26-2)8-9-19(18)27-3)24-20(25)13-23-21(15-6-7-15)16-5-4-10-22-12-16/h4-5,8-12,14-15,21,23H,6-7,13H2,1-3H3,(H,24,25)/t14-,21+/m1/s1. The summed E-state index contributed by atoms with van der Waals surface area (Å²) in [5, 5.41) is 6.43. The van der Waals surface area contributed by atoms with Crippen LogP contribution < -0.4 is 20.1 Å². The smallest absolute Gasteiger partial charge is 0.234 e. The molecule has 144 valence electrons. The van der Waals surface area contributed by atoms with Crippen molar-refractivity contribution >= 4 is 5.91 Å². The number of carbonyl (C=O) groups excluding carboxylic acids is 1. The van der Waals surface area contributed by atoms with E-state index in [-0.39, 0.29) is 24.5 Å². The Morgan fingerprint density at radius 1 is 1.26 bits per heavy atom. The number of hydrogen-bond donors (Lipinski definition) is 2. The highest BCUT2D eigenvalue weighted by atomic mass is 16.5. The molecule has 1 aromatic heterocycles. The van der Waals surface area contributed by atoms with Crippen LogP contribution >= 0.6 is 0 Å². The minimum absolute atomic E-state index is 0.0538. The molecule has 1 amide bonds. The highest BCUT2D eigenvalue weighted by Crippen LogP contribution is 2.40. The summed E-state index contributed by atoms with van der Waals surface area (Å²) in [5.41, 5.74) is 2.02. The lowest BCUT2D eigenvalue weighted by atomic mass is 10.0. The third kappa shape index (κ3) is 4.98. The number of carbonyl (C=O) groups is 1. The Hall–Kier alpha value is -2.60. The average molecular weight is 369 g/mol. The van der Waals surface area contributed by atoms with Gasteiger partial charge in [0.25, 0.3) is 0 Å². The molecule has 0 radical (unpaired) electrons. The maximum atomic E-state index is 12.5. The maximum absolute atomic E-state index is 12.5. The summed E-state index contributed by atoms with van der Waals surface area (Å²) in [6.07, 6.45) is 6.01. The second-order valence-electron chi connectivity index (χ2n) is 6.88. The second kappa shape index (κ2) is 8.86. The van der Waals surface area contributed by atoms with Crippen LogP contribution in [-0.2, 0) is 4.79 Å². The quantitative estimate of drug-likeness (QED) is 0.711. The summed E-state index contributed by atoms with van der Waals surface area (Å²) >= 11 is 0. The van der Waals surface area contributed by atoms with Crippen LogP contribution in [0.25, 0.3) is 0 Å². The third-order valence-corrected chi connectivity index (χ3v) is 4.90. The van der Waals surface area contributed by atoms with Crippen molar-refractivity contribution in [3.05, 3.63) is 53.9 Å². The number of benzene rings is 1. The molecule has 0 unspecified atom stereocenters. The summed E-state index contributed by atoms with van der Waals surface area (Å²) in [6, 6.07) is 9.55. The van der Waals surface area contributed by atoms with Crippen LogP contribution in [0.2, 0.25) is 0 Å². The van der Waals surface area contributed by atoms with Gasteiger partial charge in [-0.2, -0.15) is 0 Å². The van der Waals surface area contributed by atoms with E-state index in [4.69, 9.17) is 9.47 Å². The van der Waals surface area contributed by atoms with Crippen LogP contribution in [0.1, 0.15) is 43.0 Å². The van der Waals surface area contributed by atoms with Crippen LogP contribution in [0.15, 0.2) is 42.7 Å². The lowest BCUT2D eigenvalue weighted by molar-refractivity contribution is -0.121. The molecule has 1 fully saturated rings. The van der Waals surface area contributed by atoms with Crippen molar-refractivity contribution in [2.45, 2.75) is 31.8 Å². The third-order valence-electron chi connectivity index (χ3n) is 4.90. The first-order valence-electron chi connectivity index (χ1n) is 9.27. The molecule has 2 N–H and O–H groups in total. The van der Waals surface area contributed by atoms with Crippen molar-refractivity contribution in [3.63, 3.8) is 0 Å². The van der Waals surface area contributed by atoms with Crippen LogP contribution in [-0.4, -0.2) is 31.7 Å². The number of rotatable bonds is 9. The number of aromatic nitrogens is 1. The fourth-order valence-corrected chi connectivity index (χ4v) is 3.30. The van der Waals surface area contributed by atoms with Crippen LogP contribution in [0.4, 0.5) is 0 Å². The Labute approximate surface area is 160 Å². The van der Waals surface area contributed by atoms with E-state index >= 15 is 0 Å². The number of nitrogens with zero attached hydrogens (tertiary/aromatic N) is 1. The summed E-state index contributed by atoms with van der Waals surface area (Å²) in [5.74, 6) is 1.98.